The molecule has 1 heterocycles. The summed E-state index contributed by atoms with van der Waals surface area (Å²) in [4.78, 5) is 28.8. The number of nitrogens with one attached hydrogen (secondary N) is 1. The molecule has 1 N–H and O–H groups in total. The third kappa shape index (κ3) is 5.73. The van der Waals surface area contributed by atoms with Crippen LogP contribution in [0.3, 0.4) is 0 Å². The lowest BCUT2D eigenvalue weighted by Gasteiger charge is -2.24. The summed E-state index contributed by atoms with van der Waals surface area (Å²) >= 11 is 0. The first-order chi connectivity index (χ1) is 12.5. The summed E-state index contributed by atoms with van der Waals surface area (Å²) in [5.74, 6) is 1.13. The Hall–Kier alpha value is -2.08. The number of methoxy groups -OCH3 is 1. The Morgan fingerprint density at radius 1 is 1.12 bits per heavy atom. The van der Waals surface area contributed by atoms with Gasteiger partial charge < -0.3 is 19.9 Å². The monoisotopic (exact) mass is 361 g/mol. The van der Waals surface area contributed by atoms with E-state index in [-0.39, 0.29) is 17.7 Å². The Morgan fingerprint density at radius 3 is 2.42 bits per heavy atom. The average molecular weight is 361 g/mol. The average Bonchev–Trinajstić information content (AvgIpc) is 2.92. The van der Waals surface area contributed by atoms with Crippen molar-refractivity contribution >= 4 is 11.8 Å². The zero-order valence-corrected chi connectivity index (χ0v) is 16.2. The summed E-state index contributed by atoms with van der Waals surface area (Å²) in [6.45, 7) is 5.34. The highest BCUT2D eigenvalue weighted by atomic mass is 16.5. The molecule has 1 aliphatic heterocycles. The minimum atomic E-state index is -0.0303. The summed E-state index contributed by atoms with van der Waals surface area (Å²) in [6, 6.07) is 7.83. The van der Waals surface area contributed by atoms with Crippen LogP contribution < -0.4 is 10.1 Å². The number of hydrogen-bond acceptors (Lipinski definition) is 4. The number of nitrogens with zero attached hydrogens (tertiary/aromatic N) is 2. The van der Waals surface area contributed by atoms with Crippen LogP contribution in [0.5, 0.6) is 5.75 Å². The molecular weight excluding hydrogens is 330 g/mol. The molecule has 1 aliphatic rings. The van der Waals surface area contributed by atoms with Gasteiger partial charge in [-0.05, 0) is 37.6 Å². The van der Waals surface area contributed by atoms with E-state index in [1.165, 1.54) is 0 Å². The van der Waals surface area contributed by atoms with Crippen molar-refractivity contribution in [1.82, 2.24) is 15.1 Å². The maximum atomic E-state index is 12.5. The van der Waals surface area contributed by atoms with Crippen LogP contribution in [0.4, 0.5) is 0 Å². The fraction of sp³-hybridized carbons (Fsp3) is 0.600. The molecule has 6 heteroatoms. The minimum Gasteiger partial charge on any atom is -0.497 e. The lowest BCUT2D eigenvalue weighted by Crippen LogP contribution is -2.41. The number of benzene rings is 1. The molecule has 1 aromatic rings. The fourth-order valence-electron chi connectivity index (χ4n) is 3.29. The zero-order chi connectivity index (χ0) is 18.9. The molecule has 0 radical (unpaired) electrons. The maximum Gasteiger partial charge on any atom is 0.226 e. The molecule has 1 unspecified atom stereocenters. The standard InChI is InChI=1S/C20H31N3O3/c1-16(15-21-2)20(25)23-12-4-11-22(13-14-23)19(24)10-7-17-5-8-18(26-3)9-6-17/h5-6,8-9,16,21H,4,7,10-15H2,1-3H3. The van der Waals surface area contributed by atoms with Crippen LogP contribution in [0.2, 0.25) is 0 Å². The maximum absolute atomic E-state index is 12.5. The fourth-order valence-corrected chi connectivity index (χ4v) is 3.29. The normalized spacial score (nSPS) is 16.1. The third-order valence-corrected chi connectivity index (χ3v) is 4.88. The molecule has 144 valence electrons. The number of ether oxygens (including phenoxy) is 1. The number of amides is 2. The van der Waals surface area contributed by atoms with E-state index in [0.717, 1.165) is 37.2 Å². The summed E-state index contributed by atoms with van der Waals surface area (Å²) < 4.78 is 5.15. The van der Waals surface area contributed by atoms with E-state index < -0.39 is 0 Å². The second-order valence-electron chi connectivity index (χ2n) is 6.87. The van der Waals surface area contributed by atoms with Gasteiger partial charge in [0.05, 0.1) is 7.11 Å². The van der Waals surface area contributed by atoms with Crippen molar-refractivity contribution in [3.8, 4) is 5.75 Å². The molecule has 0 saturated carbocycles. The lowest BCUT2D eigenvalue weighted by atomic mass is 10.1. The van der Waals surface area contributed by atoms with Crippen LogP contribution in [0, 0.1) is 5.92 Å². The Bertz CT molecular complexity index is 588. The van der Waals surface area contributed by atoms with E-state index in [0.29, 0.717) is 26.1 Å². The van der Waals surface area contributed by atoms with Gasteiger partial charge in [-0.2, -0.15) is 0 Å². The van der Waals surface area contributed by atoms with Crippen LogP contribution >= 0.6 is 0 Å². The molecule has 26 heavy (non-hydrogen) atoms. The molecule has 6 nitrogen and oxygen atoms in total. The predicted molar refractivity (Wildman–Crippen MR) is 102 cm³/mol. The highest BCUT2D eigenvalue weighted by Crippen LogP contribution is 2.14. The van der Waals surface area contributed by atoms with Crippen molar-refractivity contribution in [1.29, 1.82) is 0 Å². The van der Waals surface area contributed by atoms with Gasteiger partial charge in [0.1, 0.15) is 5.75 Å². The van der Waals surface area contributed by atoms with Gasteiger partial charge in [0.2, 0.25) is 11.8 Å². The summed E-state index contributed by atoms with van der Waals surface area (Å²) in [5, 5.41) is 3.05. The van der Waals surface area contributed by atoms with E-state index in [9.17, 15) is 9.59 Å². The first-order valence-corrected chi connectivity index (χ1v) is 9.39. The number of carbonyl (C=O) groups is 2. The molecule has 2 amide bonds. The van der Waals surface area contributed by atoms with Crippen molar-refractivity contribution in [2.75, 3.05) is 46.9 Å². The minimum absolute atomic E-state index is 0.0303. The Morgan fingerprint density at radius 2 is 1.77 bits per heavy atom. The van der Waals surface area contributed by atoms with E-state index in [4.69, 9.17) is 4.74 Å². The predicted octanol–water partition coefficient (Wildman–Crippen LogP) is 1.54. The van der Waals surface area contributed by atoms with Crippen LogP contribution in [0.15, 0.2) is 24.3 Å². The van der Waals surface area contributed by atoms with Crippen LogP contribution in [-0.2, 0) is 16.0 Å². The summed E-state index contributed by atoms with van der Waals surface area (Å²) in [6.07, 6.45) is 2.06. The molecule has 1 atom stereocenters. The second kappa shape index (κ2) is 10.2. The Balaban J connectivity index is 1.81. The molecule has 1 aromatic carbocycles. The van der Waals surface area contributed by atoms with Gasteiger partial charge in [-0.25, -0.2) is 0 Å². The SMILES string of the molecule is CNCC(C)C(=O)N1CCCN(C(=O)CCc2ccc(OC)cc2)CC1. The van der Waals surface area contributed by atoms with Gasteiger partial charge in [0.15, 0.2) is 0 Å². The zero-order valence-electron chi connectivity index (χ0n) is 16.2. The van der Waals surface area contributed by atoms with Gasteiger partial charge in [0, 0.05) is 45.1 Å². The number of hydrogen-bond donors (Lipinski definition) is 1. The van der Waals surface area contributed by atoms with Gasteiger partial charge in [-0.3, -0.25) is 9.59 Å². The largest absolute Gasteiger partial charge is 0.497 e. The smallest absolute Gasteiger partial charge is 0.226 e. The van der Waals surface area contributed by atoms with Crippen LogP contribution in [-0.4, -0.2) is 68.5 Å². The molecular formula is C20H31N3O3. The van der Waals surface area contributed by atoms with Crippen molar-refractivity contribution in [3.63, 3.8) is 0 Å². The van der Waals surface area contributed by atoms with Crippen molar-refractivity contribution < 1.29 is 14.3 Å². The number of carbonyl (C=O) groups excluding carboxylic acids is 2. The van der Waals surface area contributed by atoms with E-state index in [2.05, 4.69) is 5.32 Å². The number of aryl methyl sites for hydroxylation is 1. The topological polar surface area (TPSA) is 61.9 Å². The van der Waals surface area contributed by atoms with Crippen molar-refractivity contribution in [2.24, 2.45) is 5.92 Å². The first kappa shape index (κ1) is 20.2. The quantitative estimate of drug-likeness (QED) is 0.800. The van der Waals surface area contributed by atoms with E-state index in [1.54, 1.807) is 7.11 Å². The number of rotatable bonds is 7. The molecule has 0 spiro atoms. The third-order valence-electron chi connectivity index (χ3n) is 4.88. The molecule has 2 rings (SSSR count). The van der Waals surface area contributed by atoms with Crippen LogP contribution in [0.25, 0.3) is 0 Å². The molecule has 1 saturated heterocycles. The molecule has 0 bridgehead atoms. The highest BCUT2D eigenvalue weighted by molar-refractivity contribution is 5.79. The highest BCUT2D eigenvalue weighted by Gasteiger charge is 2.24. The van der Waals surface area contributed by atoms with E-state index >= 15 is 0 Å². The molecule has 0 aliphatic carbocycles. The Labute approximate surface area is 156 Å². The van der Waals surface area contributed by atoms with Crippen LogP contribution in [0.1, 0.15) is 25.3 Å². The summed E-state index contributed by atoms with van der Waals surface area (Å²) in [7, 11) is 3.50. The molecule has 0 aromatic heterocycles. The van der Waals surface area contributed by atoms with E-state index in [1.807, 2.05) is 48.0 Å². The van der Waals surface area contributed by atoms with Crippen molar-refractivity contribution in [3.05, 3.63) is 29.8 Å². The Kier molecular flexibility index (Phi) is 7.91. The van der Waals surface area contributed by atoms with Gasteiger partial charge in [0.25, 0.3) is 0 Å². The lowest BCUT2D eigenvalue weighted by molar-refractivity contribution is -0.135. The van der Waals surface area contributed by atoms with Gasteiger partial charge in [-0.1, -0.05) is 19.1 Å². The van der Waals surface area contributed by atoms with Crippen molar-refractivity contribution in [2.45, 2.75) is 26.2 Å². The second-order valence-corrected chi connectivity index (χ2v) is 6.87. The van der Waals surface area contributed by atoms with Gasteiger partial charge >= 0.3 is 0 Å². The van der Waals surface area contributed by atoms with Gasteiger partial charge in [-0.15, -0.1) is 0 Å². The summed E-state index contributed by atoms with van der Waals surface area (Å²) in [5.41, 5.74) is 1.13. The first-order valence-electron chi connectivity index (χ1n) is 9.39. The molecule has 1 fully saturated rings.